The van der Waals surface area contributed by atoms with Crippen molar-refractivity contribution in [2.75, 3.05) is 12.4 Å². The predicted octanol–water partition coefficient (Wildman–Crippen LogP) is 4.40. The van der Waals surface area contributed by atoms with E-state index in [0.717, 1.165) is 29.7 Å². The molecule has 0 unspecified atom stereocenters. The van der Waals surface area contributed by atoms with E-state index in [0.29, 0.717) is 5.57 Å². The number of benzene rings is 2. The molecule has 1 aliphatic heterocycles. The Bertz CT molecular complexity index is 769. The van der Waals surface area contributed by atoms with Crippen molar-refractivity contribution in [2.24, 2.45) is 0 Å². The lowest BCUT2D eigenvalue weighted by atomic mass is 10.0. The van der Waals surface area contributed by atoms with Crippen molar-refractivity contribution < 1.29 is 9.53 Å². The van der Waals surface area contributed by atoms with Gasteiger partial charge in [-0.25, -0.2) is 0 Å². The summed E-state index contributed by atoms with van der Waals surface area (Å²) < 4.78 is 7.61. The summed E-state index contributed by atoms with van der Waals surface area (Å²) in [7, 11) is 1.65. The van der Waals surface area contributed by atoms with Gasteiger partial charge in [0, 0.05) is 26.0 Å². The van der Waals surface area contributed by atoms with E-state index in [-0.39, 0.29) is 5.91 Å². The molecular weight excluding hydrogens is 492 g/mol. The quantitative estimate of drug-likeness (QED) is 0.488. The minimum absolute atomic E-state index is 0.0767. The van der Waals surface area contributed by atoms with Crippen LogP contribution in [0, 0.1) is 7.14 Å². The molecule has 0 saturated carbocycles. The van der Waals surface area contributed by atoms with E-state index in [9.17, 15) is 4.79 Å². The molecule has 1 amide bonds. The number of hydrogen-bond donors (Lipinski definition) is 1. The van der Waals surface area contributed by atoms with E-state index >= 15 is 0 Å². The number of anilines is 1. The number of rotatable bonds is 2. The van der Waals surface area contributed by atoms with E-state index in [4.69, 9.17) is 4.74 Å². The number of ether oxygens (including phenoxy) is 1. The number of amides is 1. The Hall–Kier alpha value is -1.09. The number of carbonyl (C=O) groups excluding carboxylic acids is 1. The van der Waals surface area contributed by atoms with Crippen LogP contribution >= 0.6 is 45.2 Å². The van der Waals surface area contributed by atoms with Crippen LogP contribution in [0.2, 0.25) is 0 Å². The lowest BCUT2D eigenvalue weighted by Crippen LogP contribution is -2.03. The normalized spacial score (nSPS) is 15.0. The van der Waals surface area contributed by atoms with Gasteiger partial charge >= 0.3 is 0 Å². The van der Waals surface area contributed by atoms with Crippen LogP contribution < -0.4 is 10.1 Å². The number of methoxy groups -OCH3 is 1. The van der Waals surface area contributed by atoms with E-state index in [1.807, 2.05) is 42.5 Å². The van der Waals surface area contributed by atoms with E-state index < -0.39 is 0 Å². The van der Waals surface area contributed by atoms with E-state index in [1.54, 1.807) is 7.11 Å². The highest BCUT2D eigenvalue weighted by Gasteiger charge is 2.24. The van der Waals surface area contributed by atoms with Crippen LogP contribution in [-0.4, -0.2) is 13.0 Å². The number of nitrogens with one attached hydrogen (secondary N) is 1. The SMILES string of the molecule is COc1c(I)cc(I)cc1/C=C1\C(=O)Nc2ccccc21. The molecule has 0 aromatic heterocycles. The second-order valence-electron chi connectivity index (χ2n) is 4.57. The molecule has 1 heterocycles. The predicted molar refractivity (Wildman–Crippen MR) is 101 cm³/mol. The summed E-state index contributed by atoms with van der Waals surface area (Å²) in [6.45, 7) is 0. The Balaban J connectivity index is 2.17. The third-order valence-corrected chi connectivity index (χ3v) is 4.68. The molecule has 3 nitrogen and oxygen atoms in total. The molecule has 1 aliphatic rings. The molecule has 2 aromatic rings. The fourth-order valence-corrected chi connectivity index (χ4v) is 4.45. The van der Waals surface area contributed by atoms with Crippen molar-refractivity contribution in [3.63, 3.8) is 0 Å². The summed E-state index contributed by atoms with van der Waals surface area (Å²) in [5.74, 6) is 0.716. The van der Waals surface area contributed by atoms with Gasteiger partial charge in [-0.1, -0.05) is 18.2 Å². The van der Waals surface area contributed by atoms with Gasteiger partial charge in [0.05, 0.1) is 10.7 Å². The smallest absolute Gasteiger partial charge is 0.256 e. The van der Waals surface area contributed by atoms with Crippen molar-refractivity contribution in [2.45, 2.75) is 0 Å². The van der Waals surface area contributed by atoms with Crippen LogP contribution in [-0.2, 0) is 4.79 Å². The molecule has 5 heteroatoms. The molecule has 106 valence electrons. The molecule has 3 rings (SSSR count). The maximum absolute atomic E-state index is 12.2. The summed E-state index contributed by atoms with van der Waals surface area (Å²) in [5, 5.41) is 2.88. The number of carbonyl (C=O) groups is 1. The Labute approximate surface area is 150 Å². The first-order valence-electron chi connectivity index (χ1n) is 6.25. The Morgan fingerprint density at radius 2 is 1.95 bits per heavy atom. The van der Waals surface area contributed by atoms with Crippen LogP contribution in [0.3, 0.4) is 0 Å². The first kappa shape index (κ1) is 14.8. The molecule has 0 fully saturated rings. The van der Waals surface area contributed by atoms with E-state index in [2.05, 4.69) is 50.5 Å². The monoisotopic (exact) mass is 503 g/mol. The molecule has 0 atom stereocenters. The van der Waals surface area contributed by atoms with Crippen LogP contribution in [0.4, 0.5) is 5.69 Å². The third kappa shape index (κ3) is 2.80. The van der Waals surface area contributed by atoms with Gasteiger partial charge in [-0.05, 0) is 69.5 Å². The highest BCUT2D eigenvalue weighted by Crippen LogP contribution is 2.36. The summed E-state index contributed by atoms with van der Waals surface area (Å²) >= 11 is 4.51. The minimum Gasteiger partial charge on any atom is -0.495 e. The molecule has 0 spiro atoms. The van der Waals surface area contributed by atoms with Crippen molar-refractivity contribution >= 4 is 68.4 Å². The van der Waals surface area contributed by atoms with Gasteiger partial charge in [-0.15, -0.1) is 0 Å². The van der Waals surface area contributed by atoms with E-state index in [1.165, 1.54) is 0 Å². The highest BCUT2D eigenvalue weighted by atomic mass is 127. The second kappa shape index (κ2) is 5.96. The van der Waals surface area contributed by atoms with Crippen LogP contribution in [0.25, 0.3) is 11.6 Å². The molecule has 0 radical (unpaired) electrons. The fraction of sp³-hybridized carbons (Fsp3) is 0.0625. The molecule has 2 aromatic carbocycles. The molecule has 1 N–H and O–H groups in total. The standard InChI is InChI=1S/C16H11I2NO2/c1-21-15-9(6-10(17)8-13(15)18)7-12-11-4-2-3-5-14(11)19-16(12)20/h2-8H,1H3,(H,19,20)/b12-7-. The zero-order chi connectivity index (χ0) is 15.0. The lowest BCUT2D eigenvalue weighted by molar-refractivity contribution is -0.110. The Morgan fingerprint density at radius 3 is 2.71 bits per heavy atom. The maximum Gasteiger partial charge on any atom is 0.256 e. The largest absolute Gasteiger partial charge is 0.495 e. The molecule has 0 bridgehead atoms. The number of fused-ring (bicyclic) bond motifs is 1. The van der Waals surface area contributed by atoms with Gasteiger partial charge in [-0.3, -0.25) is 4.79 Å². The lowest BCUT2D eigenvalue weighted by Gasteiger charge is -2.09. The van der Waals surface area contributed by atoms with Crippen molar-refractivity contribution in [1.82, 2.24) is 0 Å². The fourth-order valence-electron chi connectivity index (χ4n) is 2.34. The van der Waals surface area contributed by atoms with Crippen molar-refractivity contribution in [1.29, 1.82) is 0 Å². The average Bonchev–Trinajstić information content (AvgIpc) is 2.75. The number of hydrogen-bond acceptors (Lipinski definition) is 2. The first-order valence-corrected chi connectivity index (χ1v) is 8.41. The van der Waals surface area contributed by atoms with Crippen LogP contribution in [0.1, 0.15) is 11.1 Å². The maximum atomic E-state index is 12.2. The van der Waals surface area contributed by atoms with Gasteiger partial charge in [0.25, 0.3) is 5.91 Å². The van der Waals surface area contributed by atoms with Crippen molar-refractivity contribution in [3.8, 4) is 5.75 Å². The Kier molecular flexibility index (Phi) is 4.21. The van der Waals surface area contributed by atoms with Gasteiger partial charge in [0.1, 0.15) is 5.75 Å². The van der Waals surface area contributed by atoms with Gasteiger partial charge < -0.3 is 10.1 Å². The van der Waals surface area contributed by atoms with Crippen LogP contribution in [0.15, 0.2) is 36.4 Å². The summed E-state index contributed by atoms with van der Waals surface area (Å²) in [5.41, 5.74) is 3.36. The summed E-state index contributed by atoms with van der Waals surface area (Å²) in [6, 6.07) is 11.8. The average molecular weight is 503 g/mol. The first-order chi connectivity index (χ1) is 10.1. The van der Waals surface area contributed by atoms with Gasteiger partial charge in [0.15, 0.2) is 0 Å². The zero-order valence-electron chi connectivity index (χ0n) is 11.1. The minimum atomic E-state index is -0.0767. The van der Waals surface area contributed by atoms with Crippen LogP contribution in [0.5, 0.6) is 5.75 Å². The Morgan fingerprint density at radius 1 is 1.19 bits per heavy atom. The number of para-hydroxylation sites is 1. The second-order valence-corrected chi connectivity index (χ2v) is 6.98. The summed E-state index contributed by atoms with van der Waals surface area (Å²) in [6.07, 6.45) is 1.89. The molecular formula is C16H11I2NO2. The van der Waals surface area contributed by atoms with Gasteiger partial charge in [0.2, 0.25) is 0 Å². The topological polar surface area (TPSA) is 38.3 Å². The van der Waals surface area contributed by atoms with Gasteiger partial charge in [-0.2, -0.15) is 0 Å². The third-order valence-electron chi connectivity index (χ3n) is 3.25. The molecule has 0 aliphatic carbocycles. The molecule has 21 heavy (non-hydrogen) atoms. The number of halogens is 2. The zero-order valence-corrected chi connectivity index (χ0v) is 15.4. The summed E-state index contributed by atoms with van der Waals surface area (Å²) in [4.78, 5) is 12.2. The highest BCUT2D eigenvalue weighted by molar-refractivity contribution is 14.1. The van der Waals surface area contributed by atoms with Crippen molar-refractivity contribution in [3.05, 3.63) is 54.7 Å². The molecule has 0 saturated heterocycles.